The van der Waals surface area contributed by atoms with Gasteiger partial charge in [-0.25, -0.2) is 4.98 Å². The summed E-state index contributed by atoms with van der Waals surface area (Å²) in [5, 5.41) is 5.93. The van der Waals surface area contributed by atoms with Crippen molar-refractivity contribution in [2.75, 3.05) is 10.6 Å². The van der Waals surface area contributed by atoms with Crippen LogP contribution >= 0.6 is 0 Å². The van der Waals surface area contributed by atoms with E-state index in [1.165, 1.54) is 18.3 Å². The lowest BCUT2D eigenvalue weighted by molar-refractivity contribution is -0.141. The van der Waals surface area contributed by atoms with Crippen LogP contribution in [0.1, 0.15) is 32.4 Å². The number of allylic oxidation sites excluding steroid dienone is 1. The molecule has 2 aromatic rings. The van der Waals surface area contributed by atoms with E-state index in [-0.39, 0.29) is 29.5 Å². The van der Waals surface area contributed by atoms with Gasteiger partial charge in [0.25, 0.3) is 0 Å². The molecule has 0 unspecified atom stereocenters. The first kappa shape index (κ1) is 20.5. The van der Waals surface area contributed by atoms with Crippen molar-refractivity contribution in [1.29, 1.82) is 0 Å². The third-order valence-electron chi connectivity index (χ3n) is 3.73. The molecule has 11 heteroatoms. The van der Waals surface area contributed by atoms with Crippen molar-refractivity contribution in [3.63, 3.8) is 0 Å². The van der Waals surface area contributed by atoms with E-state index in [0.717, 1.165) is 18.9 Å². The Bertz CT molecular complexity index is 920. The molecule has 1 aliphatic carbocycles. The van der Waals surface area contributed by atoms with E-state index < -0.39 is 11.9 Å². The van der Waals surface area contributed by atoms with Gasteiger partial charge in [-0.05, 0) is 38.8 Å². The summed E-state index contributed by atoms with van der Waals surface area (Å²) in [6, 6.07) is 3.84. The van der Waals surface area contributed by atoms with Crippen LogP contribution < -0.4 is 16.4 Å². The molecule has 1 saturated carbocycles. The number of halogens is 3. The van der Waals surface area contributed by atoms with Crippen LogP contribution in [0.5, 0.6) is 0 Å². The first-order chi connectivity index (χ1) is 13.7. The normalized spacial score (nSPS) is 15.2. The highest BCUT2D eigenvalue weighted by molar-refractivity contribution is 5.82. The van der Waals surface area contributed by atoms with Gasteiger partial charge in [0, 0.05) is 18.5 Å². The molecule has 2 heterocycles. The maximum Gasteiger partial charge on any atom is 0.433 e. The monoisotopic (exact) mass is 406 g/mol. The van der Waals surface area contributed by atoms with Crippen molar-refractivity contribution < 1.29 is 13.2 Å². The molecule has 1 aliphatic rings. The summed E-state index contributed by atoms with van der Waals surface area (Å²) in [4.78, 5) is 20.6. The number of rotatable bonds is 7. The van der Waals surface area contributed by atoms with E-state index in [2.05, 4.69) is 35.6 Å². The smallest absolute Gasteiger partial charge is 0.403 e. The topological polar surface area (TPSA) is 114 Å². The third-order valence-corrected chi connectivity index (χ3v) is 3.73. The van der Waals surface area contributed by atoms with E-state index in [4.69, 9.17) is 5.73 Å². The lowest BCUT2D eigenvalue weighted by Crippen LogP contribution is -2.16. The van der Waals surface area contributed by atoms with Crippen LogP contribution in [0.25, 0.3) is 11.5 Å². The largest absolute Gasteiger partial charge is 0.433 e. The van der Waals surface area contributed by atoms with E-state index >= 15 is 0 Å². The van der Waals surface area contributed by atoms with Gasteiger partial charge in [-0.1, -0.05) is 6.07 Å². The Morgan fingerprint density at radius 2 is 1.90 bits per heavy atom. The highest BCUT2D eigenvalue weighted by Gasteiger charge is 2.32. The van der Waals surface area contributed by atoms with Gasteiger partial charge in [-0.15, -0.1) is 0 Å². The van der Waals surface area contributed by atoms with Gasteiger partial charge in [0.15, 0.2) is 5.82 Å². The minimum atomic E-state index is -4.57. The van der Waals surface area contributed by atoms with Crippen molar-refractivity contribution in [2.45, 2.75) is 44.9 Å². The molecule has 0 amide bonds. The van der Waals surface area contributed by atoms with Crippen LogP contribution in [-0.2, 0) is 6.18 Å². The fourth-order valence-electron chi connectivity index (χ4n) is 2.24. The van der Waals surface area contributed by atoms with Crippen molar-refractivity contribution in [2.24, 2.45) is 10.7 Å². The fraction of sp³-hybridized carbons (Fsp3) is 0.389. The molecular weight excluding hydrogens is 385 g/mol. The van der Waals surface area contributed by atoms with Gasteiger partial charge < -0.3 is 16.4 Å². The Balaban J connectivity index is 1.95. The number of hydrogen-bond donors (Lipinski definition) is 3. The predicted molar refractivity (Wildman–Crippen MR) is 104 cm³/mol. The number of hydrogen-bond acceptors (Lipinski definition) is 8. The molecule has 0 aliphatic heterocycles. The summed E-state index contributed by atoms with van der Waals surface area (Å²) >= 11 is 0. The number of pyridine rings is 1. The Labute approximate surface area is 165 Å². The summed E-state index contributed by atoms with van der Waals surface area (Å²) in [7, 11) is 0. The molecule has 4 N–H and O–H groups in total. The molecule has 8 nitrogen and oxygen atoms in total. The average Bonchev–Trinajstić information content (AvgIpc) is 3.48. The van der Waals surface area contributed by atoms with Crippen molar-refractivity contribution in [3.05, 3.63) is 35.8 Å². The number of anilines is 2. The molecule has 0 spiro atoms. The quantitative estimate of drug-likeness (QED) is 0.605. The van der Waals surface area contributed by atoms with E-state index in [1.807, 2.05) is 13.8 Å². The Kier molecular flexibility index (Phi) is 5.95. The molecule has 3 rings (SSSR count). The fourth-order valence-corrected chi connectivity index (χ4v) is 2.24. The van der Waals surface area contributed by atoms with Gasteiger partial charge in [-0.2, -0.15) is 28.1 Å². The first-order valence-corrected chi connectivity index (χ1v) is 9.04. The van der Waals surface area contributed by atoms with Gasteiger partial charge in [-0.3, -0.25) is 4.99 Å². The molecular formula is C18H21F3N8. The lowest BCUT2D eigenvalue weighted by Gasteiger charge is -2.12. The van der Waals surface area contributed by atoms with E-state index in [0.29, 0.717) is 11.7 Å². The van der Waals surface area contributed by atoms with Crippen molar-refractivity contribution >= 4 is 18.1 Å². The highest BCUT2D eigenvalue weighted by Crippen LogP contribution is 2.29. The summed E-state index contributed by atoms with van der Waals surface area (Å²) in [5.74, 6) is 0.297. The summed E-state index contributed by atoms with van der Waals surface area (Å²) in [6.07, 6.45) is 0.395. The van der Waals surface area contributed by atoms with E-state index in [1.54, 1.807) is 6.21 Å². The Morgan fingerprint density at radius 1 is 1.17 bits per heavy atom. The Hall–Kier alpha value is -3.24. The molecule has 0 saturated heterocycles. The summed E-state index contributed by atoms with van der Waals surface area (Å²) in [5.41, 5.74) is 5.03. The molecule has 0 aromatic carbocycles. The number of nitrogens with zero attached hydrogens (tertiary/aromatic N) is 5. The first-order valence-electron chi connectivity index (χ1n) is 9.04. The number of alkyl halides is 3. The molecule has 154 valence electrons. The molecule has 0 bridgehead atoms. The highest BCUT2D eigenvalue weighted by atomic mass is 19.4. The zero-order valence-electron chi connectivity index (χ0n) is 15.9. The average molecular weight is 406 g/mol. The maximum atomic E-state index is 13.0. The standard InChI is InChI=1S/C18H21F3N8/c1-10(2)24-16-27-15(13-4-3-5-14(26-13)18(19,20)21)28-17(29-16)25-12(8-22)9-23-11-6-7-11/h3-5,8-11H,6-7,22H2,1-2H3,(H2,24,25,27,28,29)/b12-8+,23-9?. The van der Waals surface area contributed by atoms with Crippen LogP contribution in [-0.4, -0.2) is 38.2 Å². The molecule has 29 heavy (non-hydrogen) atoms. The predicted octanol–water partition coefficient (Wildman–Crippen LogP) is 3.22. The zero-order valence-corrected chi connectivity index (χ0v) is 15.9. The second-order valence-electron chi connectivity index (χ2n) is 6.77. The van der Waals surface area contributed by atoms with Crippen molar-refractivity contribution in [1.82, 2.24) is 19.9 Å². The van der Waals surface area contributed by atoms with Gasteiger partial charge in [0.05, 0.1) is 11.7 Å². The maximum absolute atomic E-state index is 13.0. The van der Waals surface area contributed by atoms with Crippen LogP contribution in [0, 0.1) is 0 Å². The molecule has 1 fully saturated rings. The summed E-state index contributed by atoms with van der Waals surface area (Å²) in [6.45, 7) is 3.76. The van der Waals surface area contributed by atoms with Crippen LogP contribution in [0.3, 0.4) is 0 Å². The molecule has 0 radical (unpaired) electrons. The zero-order chi connectivity index (χ0) is 21.0. The molecule has 2 aromatic heterocycles. The number of nitrogens with two attached hydrogens (primary N) is 1. The van der Waals surface area contributed by atoms with Gasteiger partial charge in [0.1, 0.15) is 11.4 Å². The second-order valence-corrected chi connectivity index (χ2v) is 6.77. The number of aromatic nitrogens is 4. The van der Waals surface area contributed by atoms with E-state index in [9.17, 15) is 13.2 Å². The minimum Gasteiger partial charge on any atom is -0.403 e. The molecule has 0 atom stereocenters. The lowest BCUT2D eigenvalue weighted by atomic mass is 10.3. The van der Waals surface area contributed by atoms with Crippen molar-refractivity contribution in [3.8, 4) is 11.5 Å². The number of nitrogens with one attached hydrogen (secondary N) is 2. The third kappa shape index (κ3) is 5.87. The second kappa shape index (κ2) is 8.41. The van der Waals surface area contributed by atoms with Gasteiger partial charge in [0.2, 0.25) is 11.9 Å². The minimum absolute atomic E-state index is 0.00600. The SMILES string of the molecule is CC(C)Nc1nc(N/C(C=NC2CC2)=C/N)nc(-c2cccc(C(F)(F)F)n2)n1. The van der Waals surface area contributed by atoms with Crippen LogP contribution in [0.15, 0.2) is 35.1 Å². The Morgan fingerprint density at radius 3 is 2.52 bits per heavy atom. The van der Waals surface area contributed by atoms with Crippen LogP contribution in [0.2, 0.25) is 0 Å². The summed E-state index contributed by atoms with van der Waals surface area (Å²) < 4.78 is 39.0. The number of aliphatic imine (C=N–C) groups is 1. The van der Waals surface area contributed by atoms with Crippen LogP contribution in [0.4, 0.5) is 25.1 Å². The van der Waals surface area contributed by atoms with Gasteiger partial charge >= 0.3 is 6.18 Å².